The molecule has 1 heterocycles. The minimum atomic E-state index is -0.985. The number of hydrogen-bond acceptors (Lipinski definition) is 6. The van der Waals surface area contributed by atoms with Gasteiger partial charge in [-0.15, -0.1) is 11.8 Å². The van der Waals surface area contributed by atoms with Gasteiger partial charge in [-0.1, -0.05) is 6.07 Å². The molecule has 0 amide bonds. The third-order valence-electron chi connectivity index (χ3n) is 4.21. The van der Waals surface area contributed by atoms with Crippen LogP contribution in [-0.4, -0.2) is 55.5 Å². The topological polar surface area (TPSA) is 78.9 Å². The Morgan fingerprint density at radius 3 is 2.56 bits per heavy atom. The fraction of sp³-hybridized carbons (Fsp3) is 0.300. The van der Waals surface area contributed by atoms with Crippen molar-refractivity contribution >= 4 is 34.9 Å². The van der Waals surface area contributed by atoms with Gasteiger partial charge < -0.3 is 20.1 Å². The molecule has 2 N–H and O–H groups in total. The molecule has 0 saturated carbocycles. The number of carbonyl (C=O) groups is 2. The number of rotatable bonds is 8. The lowest BCUT2D eigenvalue weighted by molar-refractivity contribution is -0.115. The first-order valence-electron chi connectivity index (χ1n) is 8.76. The van der Waals surface area contributed by atoms with Crippen molar-refractivity contribution in [3.63, 3.8) is 0 Å². The second-order valence-corrected chi connectivity index (χ2v) is 7.21. The summed E-state index contributed by atoms with van der Waals surface area (Å²) in [6.45, 7) is 3.49. The van der Waals surface area contributed by atoms with Crippen LogP contribution in [0, 0.1) is 0 Å². The van der Waals surface area contributed by atoms with Crippen LogP contribution in [0.4, 0.5) is 11.4 Å². The third kappa shape index (κ3) is 5.74. The number of morpholine rings is 1. The van der Waals surface area contributed by atoms with Gasteiger partial charge in [0.15, 0.2) is 5.78 Å². The van der Waals surface area contributed by atoms with Crippen LogP contribution in [0.15, 0.2) is 53.4 Å². The molecule has 27 heavy (non-hydrogen) atoms. The van der Waals surface area contributed by atoms with Gasteiger partial charge in [-0.2, -0.15) is 0 Å². The first-order chi connectivity index (χ1) is 13.1. The number of nitrogens with zero attached hydrogens (tertiary/aromatic N) is 1. The maximum absolute atomic E-state index is 12.1. The average Bonchev–Trinajstić information content (AvgIpc) is 2.72. The van der Waals surface area contributed by atoms with Crippen molar-refractivity contribution in [3.05, 3.63) is 54.1 Å². The Morgan fingerprint density at radius 1 is 1.11 bits per heavy atom. The van der Waals surface area contributed by atoms with E-state index >= 15 is 0 Å². The lowest BCUT2D eigenvalue weighted by Crippen LogP contribution is -2.36. The highest BCUT2D eigenvalue weighted by Gasteiger charge is 2.11. The van der Waals surface area contributed by atoms with Gasteiger partial charge in [0.2, 0.25) is 0 Å². The Balaban J connectivity index is 1.45. The van der Waals surface area contributed by atoms with Crippen molar-refractivity contribution in [2.45, 2.75) is 4.90 Å². The summed E-state index contributed by atoms with van der Waals surface area (Å²) in [5, 5.41) is 12.0. The van der Waals surface area contributed by atoms with E-state index in [-0.39, 0.29) is 17.9 Å². The third-order valence-corrected chi connectivity index (χ3v) is 5.28. The van der Waals surface area contributed by atoms with Crippen molar-refractivity contribution in [1.82, 2.24) is 0 Å². The zero-order valence-electron chi connectivity index (χ0n) is 14.9. The predicted molar refractivity (Wildman–Crippen MR) is 107 cm³/mol. The quantitative estimate of drug-likeness (QED) is 0.675. The molecule has 142 valence electrons. The zero-order chi connectivity index (χ0) is 19.1. The number of benzene rings is 2. The molecule has 1 aliphatic heterocycles. The number of carboxylic acid groups (broad SMARTS) is 1. The van der Waals surface area contributed by atoms with E-state index in [1.807, 2.05) is 12.1 Å². The molecule has 1 aliphatic rings. The van der Waals surface area contributed by atoms with E-state index in [4.69, 9.17) is 9.84 Å². The Hall–Kier alpha value is -2.51. The fourth-order valence-corrected chi connectivity index (χ4v) is 3.51. The summed E-state index contributed by atoms with van der Waals surface area (Å²) >= 11 is 1.50. The molecule has 0 aliphatic carbocycles. The number of ketones is 1. The molecule has 6 nitrogen and oxygen atoms in total. The number of aromatic carboxylic acids is 1. The van der Waals surface area contributed by atoms with E-state index in [1.54, 1.807) is 12.1 Å². The molecule has 0 bridgehead atoms. The molecule has 0 atom stereocenters. The van der Waals surface area contributed by atoms with Crippen molar-refractivity contribution in [1.29, 1.82) is 0 Å². The minimum absolute atomic E-state index is 0.0537. The lowest BCUT2D eigenvalue weighted by Gasteiger charge is -2.28. The van der Waals surface area contributed by atoms with E-state index in [0.29, 0.717) is 11.4 Å². The Kier molecular flexibility index (Phi) is 6.73. The molecule has 2 aromatic carbocycles. The SMILES string of the molecule is O=C(CNc1cccc(C(=O)O)c1)CSc1ccc(N2CCOCC2)cc1. The molecule has 0 aromatic heterocycles. The highest BCUT2D eigenvalue weighted by atomic mass is 32.2. The van der Waals surface area contributed by atoms with E-state index in [9.17, 15) is 9.59 Å². The van der Waals surface area contributed by atoms with Gasteiger partial charge in [0.25, 0.3) is 0 Å². The summed E-state index contributed by atoms with van der Waals surface area (Å²) < 4.78 is 5.36. The molecule has 0 spiro atoms. The molecule has 1 saturated heterocycles. The van der Waals surface area contributed by atoms with Crippen molar-refractivity contribution in [3.8, 4) is 0 Å². The highest BCUT2D eigenvalue weighted by molar-refractivity contribution is 8.00. The monoisotopic (exact) mass is 386 g/mol. The van der Waals surface area contributed by atoms with Gasteiger partial charge >= 0.3 is 5.97 Å². The summed E-state index contributed by atoms with van der Waals surface area (Å²) in [6, 6.07) is 14.7. The summed E-state index contributed by atoms with van der Waals surface area (Å²) in [4.78, 5) is 26.4. The predicted octanol–water partition coefficient (Wildman–Crippen LogP) is 2.99. The molecule has 2 aromatic rings. The maximum Gasteiger partial charge on any atom is 0.335 e. The fourth-order valence-electron chi connectivity index (χ4n) is 2.75. The van der Waals surface area contributed by atoms with Gasteiger partial charge in [0.1, 0.15) is 0 Å². The molecular formula is C20H22N2O4S. The Labute approximate surface area is 162 Å². The van der Waals surface area contributed by atoms with E-state index < -0.39 is 5.97 Å². The van der Waals surface area contributed by atoms with Crippen LogP contribution in [0.25, 0.3) is 0 Å². The van der Waals surface area contributed by atoms with Crippen molar-refractivity contribution < 1.29 is 19.4 Å². The number of ether oxygens (including phenoxy) is 1. The van der Waals surface area contributed by atoms with Gasteiger partial charge in [-0.05, 0) is 42.5 Å². The average molecular weight is 386 g/mol. The summed E-state index contributed by atoms with van der Waals surface area (Å²) in [6.07, 6.45) is 0. The molecule has 7 heteroatoms. The van der Waals surface area contributed by atoms with Crippen molar-refractivity contribution in [2.75, 3.05) is 48.8 Å². The second-order valence-electron chi connectivity index (χ2n) is 6.16. The number of anilines is 2. The summed E-state index contributed by atoms with van der Waals surface area (Å²) in [7, 11) is 0. The van der Waals surface area contributed by atoms with Gasteiger partial charge in [0.05, 0.1) is 31.1 Å². The smallest absolute Gasteiger partial charge is 0.335 e. The largest absolute Gasteiger partial charge is 0.478 e. The highest BCUT2D eigenvalue weighted by Crippen LogP contribution is 2.23. The second kappa shape index (κ2) is 9.43. The van der Waals surface area contributed by atoms with Crippen LogP contribution in [0.2, 0.25) is 0 Å². The number of carbonyl (C=O) groups excluding carboxylic acids is 1. The molecule has 0 radical (unpaired) electrons. The van der Waals surface area contributed by atoms with Crippen LogP contribution < -0.4 is 10.2 Å². The summed E-state index contributed by atoms with van der Waals surface area (Å²) in [5.74, 6) is -0.568. The zero-order valence-corrected chi connectivity index (χ0v) is 15.7. The van der Waals surface area contributed by atoms with Gasteiger partial charge in [0, 0.05) is 29.4 Å². The Morgan fingerprint density at radius 2 is 1.85 bits per heavy atom. The van der Waals surface area contributed by atoms with E-state index in [2.05, 4.69) is 22.3 Å². The minimum Gasteiger partial charge on any atom is -0.478 e. The lowest BCUT2D eigenvalue weighted by atomic mass is 10.2. The van der Waals surface area contributed by atoms with Crippen molar-refractivity contribution in [2.24, 2.45) is 0 Å². The first kappa shape index (κ1) is 19.3. The number of Topliss-reactive ketones (excluding diaryl/α,β-unsaturated/α-hetero) is 1. The first-order valence-corrected chi connectivity index (χ1v) is 9.75. The number of hydrogen-bond donors (Lipinski definition) is 2. The van der Waals surface area contributed by atoms with Gasteiger partial charge in [-0.3, -0.25) is 4.79 Å². The van der Waals surface area contributed by atoms with Crippen LogP contribution >= 0.6 is 11.8 Å². The summed E-state index contributed by atoms with van der Waals surface area (Å²) in [5.41, 5.74) is 2.00. The van der Waals surface area contributed by atoms with Crippen LogP contribution in [0.1, 0.15) is 10.4 Å². The number of nitrogens with one attached hydrogen (secondary N) is 1. The maximum atomic E-state index is 12.1. The number of thioether (sulfide) groups is 1. The molecule has 0 unspecified atom stereocenters. The number of carboxylic acids is 1. The van der Waals surface area contributed by atoms with Crippen LogP contribution in [0.5, 0.6) is 0 Å². The van der Waals surface area contributed by atoms with Crippen LogP contribution in [-0.2, 0) is 9.53 Å². The van der Waals surface area contributed by atoms with E-state index in [0.717, 1.165) is 31.2 Å². The van der Waals surface area contributed by atoms with Gasteiger partial charge in [-0.25, -0.2) is 4.79 Å². The molecule has 3 rings (SSSR count). The standard InChI is InChI=1S/C20H22N2O4S/c23-18(13-21-16-3-1-2-15(12-16)20(24)25)14-27-19-6-4-17(5-7-19)22-8-10-26-11-9-22/h1-7,12,21H,8-11,13-14H2,(H,24,25). The van der Waals surface area contributed by atoms with Crippen LogP contribution in [0.3, 0.4) is 0 Å². The molecular weight excluding hydrogens is 364 g/mol. The normalized spacial score (nSPS) is 14.0. The van der Waals surface area contributed by atoms with E-state index in [1.165, 1.54) is 29.6 Å². The Bertz CT molecular complexity index is 789. The molecule has 1 fully saturated rings.